The number of rotatable bonds is 0. The van der Waals surface area contributed by atoms with Gasteiger partial charge in [0.2, 0.25) is 5.41 Å². The van der Waals surface area contributed by atoms with Gasteiger partial charge in [-0.05, 0) is 6.42 Å². The summed E-state index contributed by atoms with van der Waals surface area (Å²) in [6, 6.07) is -0.844. The fourth-order valence-electron chi connectivity index (χ4n) is 2.55. The molecule has 2 saturated heterocycles. The van der Waals surface area contributed by atoms with Crippen molar-refractivity contribution in [2.24, 2.45) is 16.6 Å². The molecule has 2 heterocycles. The Labute approximate surface area is 82.5 Å². The van der Waals surface area contributed by atoms with Crippen molar-refractivity contribution >= 4 is 23.9 Å². The van der Waals surface area contributed by atoms with Gasteiger partial charge in [0.05, 0.1) is 0 Å². The molecule has 7 nitrogen and oxygen atoms in total. The highest BCUT2D eigenvalue weighted by molar-refractivity contribution is 6.29. The molecular formula is C8H5NO6. The van der Waals surface area contributed by atoms with Crippen LogP contribution in [0.15, 0.2) is 0 Å². The zero-order valence-corrected chi connectivity index (χ0v) is 7.31. The Kier molecular flexibility index (Phi) is 1.10. The highest BCUT2D eigenvalue weighted by Crippen LogP contribution is 2.65. The molecule has 0 amide bonds. The maximum absolute atomic E-state index is 11.3. The van der Waals surface area contributed by atoms with Crippen LogP contribution in [0.25, 0.3) is 0 Å². The number of cyclic esters (lactones) is 4. The highest BCUT2D eigenvalue weighted by atomic mass is 16.6. The smallest absolute Gasteiger partial charge is 0.334 e. The van der Waals surface area contributed by atoms with Crippen LogP contribution in [0.2, 0.25) is 0 Å². The number of nitrogens with two attached hydrogens (primary N) is 1. The summed E-state index contributed by atoms with van der Waals surface area (Å²) in [5.74, 6) is -3.54. The Morgan fingerprint density at radius 3 is 1.73 bits per heavy atom. The Morgan fingerprint density at radius 2 is 1.47 bits per heavy atom. The van der Waals surface area contributed by atoms with Crippen LogP contribution >= 0.6 is 0 Å². The van der Waals surface area contributed by atoms with Crippen molar-refractivity contribution in [3.8, 4) is 0 Å². The van der Waals surface area contributed by atoms with Crippen LogP contribution < -0.4 is 5.73 Å². The van der Waals surface area contributed by atoms with Gasteiger partial charge in [0.1, 0.15) is 0 Å². The minimum atomic E-state index is -1.79. The normalized spacial score (nSPS) is 34.1. The fourth-order valence-corrected chi connectivity index (χ4v) is 2.55. The molecule has 7 heteroatoms. The van der Waals surface area contributed by atoms with Gasteiger partial charge in [-0.2, -0.15) is 0 Å². The van der Waals surface area contributed by atoms with Crippen LogP contribution in [0.1, 0.15) is 6.42 Å². The standard InChI is InChI=1S/C8H5NO6/c9-2-1-7(3(10)14-4(7)11)8(2)5(12)15-6(8)13/h2H,1,9H2. The SMILES string of the molecule is NC1CC2(C(=O)OC2=O)C12C(=O)OC2=O. The van der Waals surface area contributed by atoms with Crippen molar-refractivity contribution in [3.05, 3.63) is 0 Å². The van der Waals surface area contributed by atoms with Crippen LogP contribution in [0.4, 0.5) is 0 Å². The van der Waals surface area contributed by atoms with Crippen molar-refractivity contribution in [2.45, 2.75) is 12.5 Å². The molecule has 1 atom stereocenters. The first-order chi connectivity index (χ1) is 6.97. The van der Waals surface area contributed by atoms with Crippen molar-refractivity contribution in [3.63, 3.8) is 0 Å². The number of carbonyl (C=O) groups is 4. The first-order valence-corrected chi connectivity index (χ1v) is 4.27. The lowest BCUT2D eigenvalue weighted by Gasteiger charge is -2.61. The minimum Gasteiger partial charge on any atom is -0.391 e. The molecule has 2 aliphatic heterocycles. The number of ether oxygens (including phenoxy) is 2. The summed E-state index contributed by atoms with van der Waals surface area (Å²) in [4.78, 5) is 45.0. The number of esters is 4. The van der Waals surface area contributed by atoms with E-state index in [1.54, 1.807) is 0 Å². The van der Waals surface area contributed by atoms with E-state index in [2.05, 4.69) is 9.47 Å². The molecule has 1 unspecified atom stereocenters. The summed E-state index contributed by atoms with van der Waals surface area (Å²) >= 11 is 0. The van der Waals surface area contributed by atoms with E-state index in [9.17, 15) is 19.2 Å². The van der Waals surface area contributed by atoms with Gasteiger partial charge in [0.25, 0.3) is 0 Å². The number of hydrogen-bond acceptors (Lipinski definition) is 7. The van der Waals surface area contributed by atoms with E-state index in [1.165, 1.54) is 0 Å². The summed E-state index contributed by atoms with van der Waals surface area (Å²) in [6.45, 7) is 0. The maximum Gasteiger partial charge on any atom is 0.334 e. The summed E-state index contributed by atoms with van der Waals surface area (Å²) in [5.41, 5.74) is 2.05. The lowest BCUT2D eigenvalue weighted by molar-refractivity contribution is -0.257. The van der Waals surface area contributed by atoms with E-state index in [0.717, 1.165) is 0 Å². The number of fused-ring (bicyclic) bond motifs is 1. The minimum absolute atomic E-state index is 0.0362. The van der Waals surface area contributed by atoms with Gasteiger partial charge in [0.15, 0.2) is 5.41 Å². The third-order valence-electron chi connectivity index (χ3n) is 3.47. The van der Waals surface area contributed by atoms with Crippen LogP contribution in [-0.4, -0.2) is 29.9 Å². The Bertz CT molecular complexity index is 424. The molecule has 0 radical (unpaired) electrons. The topological polar surface area (TPSA) is 113 Å². The molecule has 0 bridgehead atoms. The predicted molar refractivity (Wildman–Crippen MR) is 39.7 cm³/mol. The van der Waals surface area contributed by atoms with Gasteiger partial charge >= 0.3 is 23.9 Å². The van der Waals surface area contributed by atoms with Crippen LogP contribution in [0.5, 0.6) is 0 Å². The molecule has 78 valence electrons. The lowest BCUT2D eigenvalue weighted by atomic mass is 9.43. The van der Waals surface area contributed by atoms with E-state index in [1.807, 2.05) is 0 Å². The molecule has 2 spiro atoms. The second kappa shape index (κ2) is 1.94. The predicted octanol–water partition coefficient (Wildman–Crippen LogP) is -2.14. The average molecular weight is 211 g/mol. The maximum atomic E-state index is 11.3. The summed E-state index contributed by atoms with van der Waals surface area (Å²) in [6.07, 6.45) is -0.0362. The van der Waals surface area contributed by atoms with Gasteiger partial charge in [-0.3, -0.25) is 19.2 Å². The molecule has 0 aromatic rings. The van der Waals surface area contributed by atoms with Crippen LogP contribution in [0, 0.1) is 10.8 Å². The summed E-state index contributed by atoms with van der Waals surface area (Å²) in [7, 11) is 0. The lowest BCUT2D eigenvalue weighted by Crippen LogP contribution is -2.86. The van der Waals surface area contributed by atoms with Gasteiger partial charge in [-0.25, -0.2) is 0 Å². The highest BCUT2D eigenvalue weighted by Gasteiger charge is 2.90. The van der Waals surface area contributed by atoms with Crippen LogP contribution in [0.3, 0.4) is 0 Å². The number of hydrogen-bond donors (Lipinski definition) is 1. The zero-order chi connectivity index (χ0) is 11.0. The van der Waals surface area contributed by atoms with Gasteiger partial charge < -0.3 is 15.2 Å². The molecule has 0 aromatic heterocycles. The van der Waals surface area contributed by atoms with Crippen molar-refractivity contribution in [1.82, 2.24) is 0 Å². The second-order valence-corrected chi connectivity index (χ2v) is 3.88. The van der Waals surface area contributed by atoms with Gasteiger partial charge in [-0.1, -0.05) is 0 Å². The van der Waals surface area contributed by atoms with Crippen molar-refractivity contribution in [1.29, 1.82) is 0 Å². The Morgan fingerprint density at radius 1 is 1.00 bits per heavy atom. The third kappa shape index (κ3) is 0.508. The molecular weight excluding hydrogens is 206 g/mol. The summed E-state index contributed by atoms with van der Waals surface area (Å²) in [5, 5.41) is 0. The second-order valence-electron chi connectivity index (χ2n) is 3.88. The van der Waals surface area contributed by atoms with E-state index in [4.69, 9.17) is 5.73 Å². The van der Waals surface area contributed by atoms with Crippen molar-refractivity contribution < 1.29 is 28.7 Å². The first-order valence-electron chi connectivity index (χ1n) is 4.27. The average Bonchev–Trinajstić information content (AvgIpc) is 2.13. The molecule has 15 heavy (non-hydrogen) atoms. The molecule has 2 N–H and O–H groups in total. The molecule has 3 aliphatic rings. The molecule has 1 saturated carbocycles. The van der Waals surface area contributed by atoms with Crippen molar-refractivity contribution in [2.75, 3.05) is 0 Å². The Hall–Kier alpha value is -1.76. The van der Waals surface area contributed by atoms with E-state index < -0.39 is 40.7 Å². The third-order valence-corrected chi connectivity index (χ3v) is 3.47. The van der Waals surface area contributed by atoms with Crippen LogP contribution in [-0.2, 0) is 28.7 Å². The first kappa shape index (κ1) is 8.54. The summed E-state index contributed by atoms with van der Waals surface area (Å²) < 4.78 is 8.36. The quantitative estimate of drug-likeness (QED) is 0.359. The van der Waals surface area contributed by atoms with E-state index in [0.29, 0.717) is 0 Å². The van der Waals surface area contributed by atoms with E-state index in [-0.39, 0.29) is 6.42 Å². The molecule has 0 aromatic carbocycles. The Balaban J connectivity index is 2.15. The monoisotopic (exact) mass is 211 g/mol. The molecule has 1 aliphatic carbocycles. The zero-order valence-electron chi connectivity index (χ0n) is 7.31. The van der Waals surface area contributed by atoms with Gasteiger partial charge in [-0.15, -0.1) is 0 Å². The molecule has 3 rings (SSSR count). The molecule has 3 fully saturated rings. The number of carbonyl (C=O) groups excluding carboxylic acids is 4. The fraction of sp³-hybridized carbons (Fsp3) is 0.500. The largest absolute Gasteiger partial charge is 0.391 e. The van der Waals surface area contributed by atoms with E-state index >= 15 is 0 Å². The van der Waals surface area contributed by atoms with Gasteiger partial charge in [0, 0.05) is 6.04 Å².